The highest BCUT2D eigenvalue weighted by Gasteiger charge is 2.13. The molecule has 0 fully saturated rings. The lowest BCUT2D eigenvalue weighted by Gasteiger charge is -2.13. The molecule has 0 bridgehead atoms. The number of rotatable bonds is 5. The average molecular weight is 318 g/mol. The van der Waals surface area contributed by atoms with Crippen molar-refractivity contribution in [1.29, 1.82) is 5.26 Å². The Morgan fingerprint density at radius 3 is 2.74 bits per heavy atom. The molecule has 0 aliphatic heterocycles. The van der Waals surface area contributed by atoms with Crippen LogP contribution in [0.15, 0.2) is 18.3 Å². The van der Waals surface area contributed by atoms with E-state index < -0.39 is 11.6 Å². The van der Waals surface area contributed by atoms with E-state index in [1.165, 1.54) is 6.20 Å². The summed E-state index contributed by atoms with van der Waals surface area (Å²) in [5.41, 5.74) is 0.464. The van der Waals surface area contributed by atoms with E-state index in [1.54, 1.807) is 13.8 Å². The Bertz CT molecular complexity index is 784. The van der Waals surface area contributed by atoms with Gasteiger partial charge < -0.3 is 10.6 Å². The van der Waals surface area contributed by atoms with E-state index in [0.29, 0.717) is 18.8 Å². The fourth-order valence-electron chi connectivity index (χ4n) is 2.08. The maximum atomic E-state index is 13.8. The number of carbonyl (C=O) groups is 1. The summed E-state index contributed by atoms with van der Waals surface area (Å²) in [5, 5.41) is 15.0. The zero-order valence-electron chi connectivity index (χ0n) is 12.8. The number of carbonyl (C=O) groups excluding carboxylic acids is 1. The van der Waals surface area contributed by atoms with Crippen molar-refractivity contribution in [2.75, 3.05) is 18.4 Å². The van der Waals surface area contributed by atoms with Gasteiger partial charge in [0.05, 0.1) is 11.3 Å². The Balaban J connectivity index is 2.25. The number of benzene rings is 1. The number of halogens is 2. The maximum absolute atomic E-state index is 13.8. The third-order valence-electron chi connectivity index (χ3n) is 3.26. The molecule has 7 heteroatoms. The summed E-state index contributed by atoms with van der Waals surface area (Å²) in [4.78, 5) is 15.3. The Labute approximate surface area is 132 Å². The Hall–Kier alpha value is -2.75. The van der Waals surface area contributed by atoms with Crippen molar-refractivity contribution in [2.24, 2.45) is 5.92 Å². The second-order valence-electron chi connectivity index (χ2n) is 5.31. The molecule has 0 saturated carbocycles. The van der Waals surface area contributed by atoms with Gasteiger partial charge in [-0.3, -0.25) is 9.78 Å². The number of hydrogen-bond acceptors (Lipinski definition) is 4. The number of pyridine rings is 1. The van der Waals surface area contributed by atoms with Crippen molar-refractivity contribution in [1.82, 2.24) is 10.3 Å². The lowest BCUT2D eigenvalue weighted by molar-refractivity contribution is -0.123. The van der Waals surface area contributed by atoms with Gasteiger partial charge in [-0.2, -0.15) is 5.26 Å². The highest BCUT2D eigenvalue weighted by atomic mass is 19.1. The van der Waals surface area contributed by atoms with Crippen LogP contribution >= 0.6 is 0 Å². The lowest BCUT2D eigenvalue weighted by atomic mass is 10.1. The molecule has 1 aromatic carbocycles. The first-order valence-electron chi connectivity index (χ1n) is 7.13. The smallest absolute Gasteiger partial charge is 0.222 e. The van der Waals surface area contributed by atoms with Gasteiger partial charge in [0, 0.05) is 36.7 Å². The third-order valence-corrected chi connectivity index (χ3v) is 3.26. The molecule has 0 aliphatic carbocycles. The molecule has 1 amide bonds. The van der Waals surface area contributed by atoms with Crippen LogP contribution in [0.3, 0.4) is 0 Å². The van der Waals surface area contributed by atoms with Crippen LogP contribution in [0.4, 0.5) is 14.5 Å². The van der Waals surface area contributed by atoms with Crippen molar-refractivity contribution < 1.29 is 13.6 Å². The average Bonchev–Trinajstić information content (AvgIpc) is 2.50. The third kappa shape index (κ3) is 3.72. The first kappa shape index (κ1) is 16.6. The standard InChI is InChI=1S/C16H16F2N4O/c1-9(2)16(23)21-4-3-20-14-10(7-19)8-22-15-12(14)5-11(17)6-13(15)18/h5-6,8-9H,3-4H2,1-2H3,(H,20,22)(H,21,23). The molecule has 2 aromatic rings. The van der Waals surface area contributed by atoms with Gasteiger partial charge >= 0.3 is 0 Å². The molecular weight excluding hydrogens is 302 g/mol. The first-order chi connectivity index (χ1) is 10.9. The summed E-state index contributed by atoms with van der Waals surface area (Å²) in [5.74, 6) is -1.76. The van der Waals surface area contributed by atoms with Gasteiger partial charge in [-0.25, -0.2) is 8.78 Å². The fraction of sp³-hybridized carbons (Fsp3) is 0.312. The van der Waals surface area contributed by atoms with Crippen LogP contribution in [-0.2, 0) is 4.79 Å². The van der Waals surface area contributed by atoms with E-state index in [-0.39, 0.29) is 28.3 Å². The van der Waals surface area contributed by atoms with Gasteiger partial charge in [-0.1, -0.05) is 13.8 Å². The molecule has 0 aliphatic rings. The minimum absolute atomic E-state index is 0.0147. The summed E-state index contributed by atoms with van der Waals surface area (Å²) in [6.45, 7) is 4.19. The summed E-state index contributed by atoms with van der Waals surface area (Å²) in [7, 11) is 0. The molecule has 1 aromatic heterocycles. The van der Waals surface area contributed by atoms with Crippen LogP contribution in [-0.4, -0.2) is 24.0 Å². The quantitative estimate of drug-likeness (QED) is 0.831. The number of nitrogens with one attached hydrogen (secondary N) is 2. The van der Waals surface area contributed by atoms with E-state index in [0.717, 1.165) is 12.1 Å². The Kier molecular flexibility index (Phi) is 5.06. The molecule has 1 heterocycles. The van der Waals surface area contributed by atoms with Crippen LogP contribution in [0.1, 0.15) is 19.4 Å². The van der Waals surface area contributed by atoms with Crippen molar-refractivity contribution in [3.05, 3.63) is 35.5 Å². The Morgan fingerprint density at radius 2 is 2.09 bits per heavy atom. The topological polar surface area (TPSA) is 77.8 Å². The zero-order valence-corrected chi connectivity index (χ0v) is 12.8. The predicted octanol–water partition coefficient (Wildman–Crippen LogP) is 2.57. The molecule has 120 valence electrons. The van der Waals surface area contributed by atoms with Gasteiger partial charge in [-0.15, -0.1) is 0 Å². The number of hydrogen-bond donors (Lipinski definition) is 2. The van der Waals surface area contributed by atoms with Crippen LogP contribution < -0.4 is 10.6 Å². The van der Waals surface area contributed by atoms with E-state index in [1.807, 2.05) is 6.07 Å². The number of fused-ring (bicyclic) bond motifs is 1. The van der Waals surface area contributed by atoms with Crippen molar-refractivity contribution >= 4 is 22.5 Å². The second-order valence-corrected chi connectivity index (χ2v) is 5.31. The molecule has 5 nitrogen and oxygen atoms in total. The lowest BCUT2D eigenvalue weighted by Crippen LogP contribution is -2.32. The summed E-state index contributed by atoms with van der Waals surface area (Å²) >= 11 is 0. The van der Waals surface area contributed by atoms with E-state index in [4.69, 9.17) is 5.26 Å². The normalized spacial score (nSPS) is 10.6. The van der Waals surface area contributed by atoms with Crippen LogP contribution in [0, 0.1) is 28.9 Å². The molecule has 0 unspecified atom stereocenters. The van der Waals surface area contributed by atoms with E-state index in [9.17, 15) is 13.6 Å². The van der Waals surface area contributed by atoms with Crippen LogP contribution in [0.5, 0.6) is 0 Å². The van der Waals surface area contributed by atoms with Crippen molar-refractivity contribution in [3.63, 3.8) is 0 Å². The highest BCUT2D eigenvalue weighted by molar-refractivity contribution is 5.94. The number of amides is 1. The first-order valence-corrected chi connectivity index (χ1v) is 7.13. The number of anilines is 1. The molecule has 2 rings (SSSR count). The minimum Gasteiger partial charge on any atom is -0.382 e. The molecule has 23 heavy (non-hydrogen) atoms. The maximum Gasteiger partial charge on any atom is 0.222 e. The van der Waals surface area contributed by atoms with Crippen LogP contribution in [0.25, 0.3) is 10.9 Å². The fourth-order valence-corrected chi connectivity index (χ4v) is 2.08. The SMILES string of the molecule is CC(C)C(=O)NCCNc1c(C#N)cnc2c(F)cc(F)cc12. The van der Waals surface area contributed by atoms with Crippen molar-refractivity contribution in [2.45, 2.75) is 13.8 Å². The monoisotopic (exact) mass is 318 g/mol. The van der Waals surface area contributed by atoms with E-state index in [2.05, 4.69) is 15.6 Å². The Morgan fingerprint density at radius 1 is 1.35 bits per heavy atom. The van der Waals surface area contributed by atoms with Crippen molar-refractivity contribution in [3.8, 4) is 6.07 Å². The zero-order chi connectivity index (χ0) is 17.0. The molecule has 2 N–H and O–H groups in total. The van der Waals surface area contributed by atoms with Gasteiger partial charge in [0.15, 0.2) is 5.82 Å². The number of nitrogens with zero attached hydrogens (tertiary/aromatic N) is 2. The summed E-state index contributed by atoms with van der Waals surface area (Å²) < 4.78 is 27.2. The largest absolute Gasteiger partial charge is 0.382 e. The van der Waals surface area contributed by atoms with Gasteiger partial charge in [0.2, 0.25) is 5.91 Å². The van der Waals surface area contributed by atoms with Gasteiger partial charge in [0.25, 0.3) is 0 Å². The highest BCUT2D eigenvalue weighted by Crippen LogP contribution is 2.28. The predicted molar refractivity (Wildman–Crippen MR) is 82.7 cm³/mol. The van der Waals surface area contributed by atoms with Crippen LogP contribution in [0.2, 0.25) is 0 Å². The summed E-state index contributed by atoms with van der Waals surface area (Å²) in [6, 6.07) is 3.81. The number of aromatic nitrogens is 1. The summed E-state index contributed by atoms with van der Waals surface area (Å²) in [6.07, 6.45) is 1.23. The second kappa shape index (κ2) is 7.01. The molecule has 0 radical (unpaired) electrons. The molecule has 0 atom stereocenters. The molecule has 0 spiro atoms. The minimum atomic E-state index is -0.791. The number of nitriles is 1. The molecular formula is C16H16F2N4O. The van der Waals surface area contributed by atoms with Gasteiger partial charge in [0.1, 0.15) is 17.4 Å². The van der Waals surface area contributed by atoms with Gasteiger partial charge in [-0.05, 0) is 6.07 Å². The van der Waals surface area contributed by atoms with E-state index >= 15 is 0 Å². The molecule has 0 saturated heterocycles.